The van der Waals surface area contributed by atoms with Gasteiger partial charge in [-0.3, -0.25) is 0 Å². The standard InChI is InChI=1S/C36H21N3O/c37-22-25-11-8-15-30(38-25)24-10-7-9-23(21-24)26-12-1-4-16-31(26)39-32-17-5-2-13-27(32)28-19-20-34-35(36(28)39)29-14-3-6-18-33(29)40-34/h1-21H. The molecule has 0 aliphatic rings. The van der Waals surface area contributed by atoms with Gasteiger partial charge >= 0.3 is 0 Å². The summed E-state index contributed by atoms with van der Waals surface area (Å²) in [5.41, 5.74) is 9.46. The third kappa shape index (κ3) is 3.28. The molecular formula is C36H21N3O. The van der Waals surface area contributed by atoms with Crippen LogP contribution in [0.15, 0.2) is 132 Å². The highest BCUT2D eigenvalue weighted by Gasteiger charge is 2.20. The Morgan fingerprint density at radius 3 is 2.33 bits per heavy atom. The zero-order valence-electron chi connectivity index (χ0n) is 21.4. The number of hydrogen-bond acceptors (Lipinski definition) is 3. The van der Waals surface area contributed by atoms with E-state index in [-0.39, 0.29) is 0 Å². The van der Waals surface area contributed by atoms with Crippen LogP contribution >= 0.6 is 0 Å². The van der Waals surface area contributed by atoms with Gasteiger partial charge in [0.1, 0.15) is 22.9 Å². The van der Waals surface area contributed by atoms with Gasteiger partial charge in [0, 0.05) is 27.3 Å². The van der Waals surface area contributed by atoms with Crippen molar-refractivity contribution in [2.75, 3.05) is 0 Å². The smallest absolute Gasteiger partial charge is 0.141 e. The number of furan rings is 1. The number of fused-ring (bicyclic) bond motifs is 7. The first-order valence-electron chi connectivity index (χ1n) is 13.2. The fraction of sp³-hybridized carbons (Fsp3) is 0. The second-order valence-corrected chi connectivity index (χ2v) is 9.90. The monoisotopic (exact) mass is 511 g/mol. The minimum Gasteiger partial charge on any atom is -0.456 e. The van der Waals surface area contributed by atoms with Crippen LogP contribution in [0.25, 0.3) is 71.8 Å². The maximum atomic E-state index is 9.36. The number of benzene rings is 5. The van der Waals surface area contributed by atoms with Gasteiger partial charge in [-0.1, -0.05) is 78.9 Å². The lowest BCUT2D eigenvalue weighted by molar-refractivity contribution is 0.669. The molecule has 186 valence electrons. The highest BCUT2D eigenvalue weighted by Crippen LogP contribution is 2.42. The van der Waals surface area contributed by atoms with Crippen molar-refractivity contribution in [2.45, 2.75) is 0 Å². The van der Waals surface area contributed by atoms with Gasteiger partial charge < -0.3 is 8.98 Å². The molecular weight excluding hydrogens is 490 g/mol. The lowest BCUT2D eigenvalue weighted by Crippen LogP contribution is -1.97. The third-order valence-corrected chi connectivity index (χ3v) is 7.65. The van der Waals surface area contributed by atoms with Gasteiger partial charge in [-0.25, -0.2) is 4.98 Å². The SMILES string of the molecule is N#Cc1cccc(-c2cccc(-c3ccccc3-n3c4ccccc4c4ccc5oc6ccccc6c5c43)c2)n1. The molecule has 0 saturated heterocycles. The van der Waals surface area contributed by atoms with Crippen LogP contribution in [0, 0.1) is 11.3 Å². The molecule has 5 aromatic carbocycles. The Bertz CT molecular complexity index is 2300. The van der Waals surface area contributed by atoms with Crippen LogP contribution < -0.4 is 0 Å². The van der Waals surface area contributed by atoms with Crippen LogP contribution in [-0.2, 0) is 0 Å². The van der Waals surface area contributed by atoms with Gasteiger partial charge in [-0.15, -0.1) is 0 Å². The molecule has 0 atom stereocenters. The van der Waals surface area contributed by atoms with Gasteiger partial charge in [0.15, 0.2) is 0 Å². The van der Waals surface area contributed by atoms with E-state index in [9.17, 15) is 5.26 Å². The molecule has 0 unspecified atom stereocenters. The van der Waals surface area contributed by atoms with E-state index in [0.717, 1.165) is 61.0 Å². The normalized spacial score (nSPS) is 11.5. The molecule has 4 heteroatoms. The van der Waals surface area contributed by atoms with E-state index in [1.54, 1.807) is 6.07 Å². The van der Waals surface area contributed by atoms with Crippen molar-refractivity contribution >= 4 is 43.7 Å². The molecule has 8 rings (SSSR count). The molecule has 8 aromatic rings. The molecule has 0 aliphatic carbocycles. The van der Waals surface area contributed by atoms with Crippen molar-refractivity contribution in [3.63, 3.8) is 0 Å². The summed E-state index contributed by atoms with van der Waals surface area (Å²) in [7, 11) is 0. The minimum absolute atomic E-state index is 0.407. The fourth-order valence-corrected chi connectivity index (χ4v) is 5.93. The highest BCUT2D eigenvalue weighted by molar-refractivity contribution is 6.24. The van der Waals surface area contributed by atoms with E-state index in [1.807, 2.05) is 30.3 Å². The predicted octanol–water partition coefficient (Wildman–Crippen LogP) is 9.28. The second kappa shape index (κ2) is 8.69. The zero-order valence-corrected chi connectivity index (χ0v) is 21.4. The number of nitriles is 1. The molecule has 0 radical (unpaired) electrons. The number of rotatable bonds is 3. The molecule has 0 aliphatic heterocycles. The highest BCUT2D eigenvalue weighted by atomic mass is 16.3. The van der Waals surface area contributed by atoms with Crippen LogP contribution in [0.5, 0.6) is 0 Å². The summed E-state index contributed by atoms with van der Waals surface area (Å²) >= 11 is 0. The molecule has 0 N–H and O–H groups in total. The van der Waals surface area contributed by atoms with Crippen LogP contribution in [-0.4, -0.2) is 9.55 Å². The van der Waals surface area contributed by atoms with Gasteiger partial charge in [0.05, 0.1) is 27.8 Å². The summed E-state index contributed by atoms with van der Waals surface area (Å²) in [6.45, 7) is 0. The van der Waals surface area contributed by atoms with Crippen molar-refractivity contribution < 1.29 is 4.42 Å². The average Bonchev–Trinajstić information content (AvgIpc) is 3.57. The molecule has 40 heavy (non-hydrogen) atoms. The van der Waals surface area contributed by atoms with Crippen LogP contribution in [0.1, 0.15) is 5.69 Å². The molecule has 0 bridgehead atoms. The number of pyridine rings is 1. The average molecular weight is 512 g/mol. The summed E-state index contributed by atoms with van der Waals surface area (Å²) in [4.78, 5) is 4.53. The first-order valence-corrected chi connectivity index (χ1v) is 13.2. The largest absolute Gasteiger partial charge is 0.456 e. The van der Waals surface area contributed by atoms with Gasteiger partial charge in [0.25, 0.3) is 0 Å². The maximum absolute atomic E-state index is 9.36. The molecule has 4 nitrogen and oxygen atoms in total. The van der Waals surface area contributed by atoms with Crippen molar-refractivity contribution in [2.24, 2.45) is 0 Å². The van der Waals surface area contributed by atoms with Crippen LogP contribution in [0.3, 0.4) is 0 Å². The Kier molecular flexibility index (Phi) is 4.85. The van der Waals surface area contributed by atoms with E-state index in [4.69, 9.17) is 4.42 Å². The lowest BCUT2D eigenvalue weighted by Gasteiger charge is -2.15. The Morgan fingerprint density at radius 2 is 1.40 bits per heavy atom. The van der Waals surface area contributed by atoms with Crippen molar-refractivity contribution in [1.29, 1.82) is 5.26 Å². The zero-order chi connectivity index (χ0) is 26.6. The van der Waals surface area contributed by atoms with E-state index in [0.29, 0.717) is 5.69 Å². The summed E-state index contributed by atoms with van der Waals surface area (Å²) in [5.74, 6) is 0. The summed E-state index contributed by atoms with van der Waals surface area (Å²) in [6.07, 6.45) is 0. The van der Waals surface area contributed by atoms with E-state index < -0.39 is 0 Å². The molecule has 3 heterocycles. The maximum Gasteiger partial charge on any atom is 0.141 e. The van der Waals surface area contributed by atoms with Gasteiger partial charge in [-0.05, 0) is 54.1 Å². The van der Waals surface area contributed by atoms with Crippen molar-refractivity contribution in [3.8, 4) is 34.1 Å². The first-order chi connectivity index (χ1) is 19.8. The van der Waals surface area contributed by atoms with Crippen molar-refractivity contribution in [1.82, 2.24) is 9.55 Å². The molecule has 0 spiro atoms. The van der Waals surface area contributed by atoms with E-state index in [2.05, 4.69) is 107 Å². The topological polar surface area (TPSA) is 54.8 Å². The van der Waals surface area contributed by atoms with E-state index >= 15 is 0 Å². The predicted molar refractivity (Wildman–Crippen MR) is 161 cm³/mol. The summed E-state index contributed by atoms with van der Waals surface area (Å²) in [6, 6.07) is 45.7. The second-order valence-electron chi connectivity index (χ2n) is 9.90. The fourth-order valence-electron chi connectivity index (χ4n) is 5.93. The molecule has 0 amide bonds. The number of nitrogens with zero attached hydrogens (tertiary/aromatic N) is 3. The quantitative estimate of drug-likeness (QED) is 0.237. The van der Waals surface area contributed by atoms with Crippen LogP contribution in [0.2, 0.25) is 0 Å². The number of para-hydroxylation sites is 3. The Morgan fingerprint density at radius 1 is 0.625 bits per heavy atom. The Hall–Kier alpha value is -5.66. The lowest BCUT2D eigenvalue weighted by atomic mass is 9.99. The van der Waals surface area contributed by atoms with E-state index in [1.165, 1.54) is 10.8 Å². The van der Waals surface area contributed by atoms with Gasteiger partial charge in [0.2, 0.25) is 0 Å². The number of aromatic nitrogens is 2. The molecule has 0 saturated carbocycles. The number of hydrogen-bond donors (Lipinski definition) is 0. The summed E-state index contributed by atoms with van der Waals surface area (Å²) in [5, 5.41) is 14.0. The Balaban J connectivity index is 1.45. The van der Waals surface area contributed by atoms with Crippen LogP contribution in [0.4, 0.5) is 0 Å². The van der Waals surface area contributed by atoms with Crippen molar-refractivity contribution in [3.05, 3.63) is 133 Å². The van der Waals surface area contributed by atoms with Gasteiger partial charge in [-0.2, -0.15) is 5.26 Å². The summed E-state index contributed by atoms with van der Waals surface area (Å²) < 4.78 is 8.68. The Labute approximate surface area is 230 Å². The first kappa shape index (κ1) is 22.3. The molecule has 0 fully saturated rings. The molecule has 3 aromatic heterocycles. The third-order valence-electron chi connectivity index (χ3n) is 7.65. The minimum atomic E-state index is 0.407.